The van der Waals surface area contributed by atoms with E-state index in [9.17, 15) is 9.59 Å². The number of hydrogen-bond donors (Lipinski definition) is 1. The third-order valence-electron chi connectivity index (χ3n) is 4.08. The van der Waals surface area contributed by atoms with Crippen molar-refractivity contribution in [3.63, 3.8) is 0 Å². The molecule has 1 fully saturated rings. The first-order chi connectivity index (χ1) is 9.90. The largest absolute Gasteiger partial charge is 0.342 e. The van der Waals surface area contributed by atoms with E-state index in [1.54, 1.807) is 13.8 Å². The second-order valence-corrected chi connectivity index (χ2v) is 6.32. The van der Waals surface area contributed by atoms with E-state index in [4.69, 9.17) is 0 Å². The Bertz CT molecular complexity index is 511. The molecule has 1 heterocycles. The molecule has 1 aliphatic rings. The van der Waals surface area contributed by atoms with Crippen molar-refractivity contribution in [3.05, 3.63) is 35.9 Å². The number of nitrogens with zero attached hydrogens (tertiary/aromatic N) is 1. The van der Waals surface area contributed by atoms with Crippen LogP contribution < -0.4 is 5.32 Å². The van der Waals surface area contributed by atoms with Crippen LogP contribution in [-0.2, 0) is 9.59 Å². The van der Waals surface area contributed by atoms with Crippen LogP contribution in [0.25, 0.3) is 0 Å². The van der Waals surface area contributed by atoms with Crippen molar-refractivity contribution in [2.45, 2.75) is 45.1 Å². The molecule has 4 nitrogen and oxygen atoms in total. The van der Waals surface area contributed by atoms with Gasteiger partial charge in [-0.3, -0.25) is 9.59 Å². The molecule has 0 spiro atoms. The van der Waals surface area contributed by atoms with Gasteiger partial charge < -0.3 is 10.2 Å². The zero-order valence-corrected chi connectivity index (χ0v) is 13.1. The maximum absolute atomic E-state index is 12.5. The van der Waals surface area contributed by atoms with E-state index in [1.807, 2.05) is 23.1 Å². The highest BCUT2D eigenvalue weighted by Crippen LogP contribution is 2.20. The highest BCUT2D eigenvalue weighted by molar-refractivity contribution is 5.92. The van der Waals surface area contributed by atoms with E-state index in [2.05, 4.69) is 24.4 Å². The maximum Gasteiger partial charge on any atom is 0.247 e. The van der Waals surface area contributed by atoms with E-state index >= 15 is 0 Å². The van der Waals surface area contributed by atoms with Crippen LogP contribution in [0.15, 0.2) is 30.3 Å². The van der Waals surface area contributed by atoms with Gasteiger partial charge in [-0.05, 0) is 31.7 Å². The molecule has 0 aliphatic carbocycles. The summed E-state index contributed by atoms with van der Waals surface area (Å²) in [5.41, 5.74) is 0.483. The molecule has 0 aromatic heterocycles. The van der Waals surface area contributed by atoms with Crippen molar-refractivity contribution in [2.24, 2.45) is 0 Å². The van der Waals surface area contributed by atoms with Gasteiger partial charge in [0.1, 0.15) is 5.54 Å². The highest BCUT2D eigenvalue weighted by Gasteiger charge is 2.36. The molecule has 1 aromatic rings. The van der Waals surface area contributed by atoms with Gasteiger partial charge in [0.05, 0.1) is 0 Å². The van der Waals surface area contributed by atoms with E-state index in [1.165, 1.54) is 5.56 Å². The van der Waals surface area contributed by atoms with Crippen LogP contribution in [0.2, 0.25) is 0 Å². The molecule has 1 atom stereocenters. The lowest BCUT2D eigenvalue weighted by molar-refractivity contribution is -0.137. The first-order valence-electron chi connectivity index (χ1n) is 7.55. The Morgan fingerprint density at radius 3 is 2.57 bits per heavy atom. The van der Waals surface area contributed by atoms with Gasteiger partial charge in [-0.15, -0.1) is 0 Å². The molecule has 2 rings (SSSR count). The molecule has 1 N–H and O–H groups in total. The second kappa shape index (κ2) is 6.29. The van der Waals surface area contributed by atoms with Crippen molar-refractivity contribution in [1.29, 1.82) is 0 Å². The first-order valence-corrected chi connectivity index (χ1v) is 7.55. The molecule has 4 heteroatoms. The maximum atomic E-state index is 12.5. The van der Waals surface area contributed by atoms with Gasteiger partial charge in [-0.25, -0.2) is 0 Å². The molecule has 2 amide bonds. The molecular weight excluding hydrogens is 264 g/mol. The molecule has 1 aliphatic heterocycles. The Hall–Kier alpha value is -1.84. The molecule has 0 saturated carbocycles. The summed E-state index contributed by atoms with van der Waals surface area (Å²) in [6.07, 6.45) is 1.29. The number of amides is 2. The Balaban J connectivity index is 1.98. The van der Waals surface area contributed by atoms with Crippen molar-refractivity contribution in [1.82, 2.24) is 10.2 Å². The van der Waals surface area contributed by atoms with Gasteiger partial charge in [0.2, 0.25) is 11.8 Å². The fraction of sp³-hybridized carbons (Fsp3) is 0.529. The summed E-state index contributed by atoms with van der Waals surface area (Å²) in [7, 11) is 0. The summed E-state index contributed by atoms with van der Waals surface area (Å²) in [6, 6.07) is 10.3. The van der Waals surface area contributed by atoms with E-state index in [0.717, 1.165) is 6.42 Å². The van der Waals surface area contributed by atoms with Crippen molar-refractivity contribution in [3.8, 4) is 0 Å². The molecule has 0 radical (unpaired) electrons. The van der Waals surface area contributed by atoms with Crippen molar-refractivity contribution in [2.75, 3.05) is 13.1 Å². The minimum Gasteiger partial charge on any atom is -0.342 e. The number of rotatable bonds is 4. The summed E-state index contributed by atoms with van der Waals surface area (Å²) in [5, 5.41) is 2.79. The topological polar surface area (TPSA) is 49.4 Å². The van der Waals surface area contributed by atoms with Gasteiger partial charge >= 0.3 is 0 Å². The summed E-state index contributed by atoms with van der Waals surface area (Å²) < 4.78 is 0. The molecule has 1 aromatic carbocycles. The van der Waals surface area contributed by atoms with Crippen LogP contribution in [0.4, 0.5) is 0 Å². The van der Waals surface area contributed by atoms with Crippen LogP contribution in [0.1, 0.15) is 45.1 Å². The van der Waals surface area contributed by atoms with Gasteiger partial charge in [-0.2, -0.15) is 0 Å². The quantitative estimate of drug-likeness (QED) is 0.924. The molecule has 21 heavy (non-hydrogen) atoms. The first kappa shape index (κ1) is 15.5. The highest BCUT2D eigenvalue weighted by atomic mass is 16.2. The monoisotopic (exact) mass is 288 g/mol. The number of nitrogens with one attached hydrogen (secondary N) is 1. The lowest BCUT2D eigenvalue weighted by Crippen LogP contribution is -2.53. The lowest BCUT2D eigenvalue weighted by Gasteiger charge is -2.29. The normalized spacial score (nSPS) is 19.9. The van der Waals surface area contributed by atoms with Crippen LogP contribution in [-0.4, -0.2) is 35.3 Å². The Kier molecular flexibility index (Phi) is 4.66. The van der Waals surface area contributed by atoms with Crippen LogP contribution in [0.5, 0.6) is 0 Å². The Morgan fingerprint density at radius 1 is 1.24 bits per heavy atom. The number of carbonyl (C=O) groups is 2. The van der Waals surface area contributed by atoms with E-state index in [-0.39, 0.29) is 11.8 Å². The zero-order valence-electron chi connectivity index (χ0n) is 13.1. The Morgan fingerprint density at radius 2 is 1.90 bits per heavy atom. The number of hydrogen-bond acceptors (Lipinski definition) is 2. The van der Waals surface area contributed by atoms with Gasteiger partial charge in [-0.1, -0.05) is 37.3 Å². The molecule has 1 unspecified atom stereocenters. The summed E-state index contributed by atoms with van der Waals surface area (Å²) in [4.78, 5) is 25.9. The molecule has 0 bridgehead atoms. The molecule has 1 saturated heterocycles. The average molecular weight is 288 g/mol. The predicted molar refractivity (Wildman–Crippen MR) is 82.9 cm³/mol. The smallest absolute Gasteiger partial charge is 0.247 e. The summed E-state index contributed by atoms with van der Waals surface area (Å²) in [5.74, 6) is 0.356. The molecule has 114 valence electrons. The minimum atomic E-state index is -0.802. The predicted octanol–water partition coefficient (Wildman–Crippen LogP) is 2.31. The Labute approximate surface area is 126 Å². The van der Waals surface area contributed by atoms with Crippen LogP contribution >= 0.6 is 0 Å². The summed E-state index contributed by atoms with van der Waals surface area (Å²) in [6.45, 7) is 6.91. The third-order valence-corrected chi connectivity index (χ3v) is 4.08. The van der Waals surface area contributed by atoms with Crippen molar-refractivity contribution >= 4 is 11.8 Å². The minimum absolute atomic E-state index is 0.00797. The summed E-state index contributed by atoms with van der Waals surface area (Å²) >= 11 is 0. The number of carbonyl (C=O) groups excluding carboxylic acids is 2. The van der Waals surface area contributed by atoms with Crippen LogP contribution in [0.3, 0.4) is 0 Å². The third kappa shape index (κ3) is 3.84. The zero-order chi connectivity index (χ0) is 15.5. The van der Waals surface area contributed by atoms with Gasteiger partial charge in [0, 0.05) is 19.5 Å². The van der Waals surface area contributed by atoms with Crippen molar-refractivity contribution < 1.29 is 9.59 Å². The van der Waals surface area contributed by atoms with Gasteiger partial charge in [0.25, 0.3) is 0 Å². The number of benzene rings is 1. The average Bonchev–Trinajstić information content (AvgIpc) is 2.55. The molecular formula is C17H24N2O2. The fourth-order valence-corrected chi connectivity index (χ4v) is 2.71. The van der Waals surface area contributed by atoms with Crippen LogP contribution in [0, 0.1) is 0 Å². The standard InChI is InChI=1S/C17H24N2O2/c1-13(14-7-5-4-6-8-14)9-11-19-12-10-15(20)18-17(2,3)16(19)21/h4-8,13H,9-12H2,1-3H3,(H,18,20). The van der Waals surface area contributed by atoms with Gasteiger partial charge in [0.15, 0.2) is 0 Å². The van der Waals surface area contributed by atoms with E-state index in [0.29, 0.717) is 25.4 Å². The van der Waals surface area contributed by atoms with E-state index < -0.39 is 5.54 Å². The SMILES string of the molecule is CC(CCN1CCC(=O)NC(C)(C)C1=O)c1ccccc1. The lowest BCUT2D eigenvalue weighted by atomic mass is 9.97. The second-order valence-electron chi connectivity index (χ2n) is 6.32. The fourth-order valence-electron chi connectivity index (χ4n) is 2.71.